The molecule has 2 aromatic heterocycles. The number of hydrazine groups is 1. The number of aryl methyl sites for hydroxylation is 2. The Morgan fingerprint density at radius 2 is 1.29 bits per heavy atom. The van der Waals surface area contributed by atoms with Gasteiger partial charge in [-0.25, -0.2) is 9.97 Å². The molecule has 0 aliphatic carbocycles. The highest BCUT2D eigenvalue weighted by molar-refractivity contribution is 14.0. The summed E-state index contributed by atoms with van der Waals surface area (Å²) in [5.41, 5.74) is 10.9. The predicted octanol–water partition coefficient (Wildman–Crippen LogP) is 7.63. The molecule has 1 aliphatic rings. The van der Waals surface area contributed by atoms with Crippen molar-refractivity contribution in [3.63, 3.8) is 0 Å². The molecule has 0 atom stereocenters. The van der Waals surface area contributed by atoms with Gasteiger partial charge in [-0.15, -0.1) is 24.0 Å². The van der Waals surface area contributed by atoms with Crippen molar-refractivity contribution in [2.75, 3.05) is 7.11 Å². The standard InChI is InChI=1S/C10H15NO.C9H12FN.C8H13FN2.HI/c1-7(2)9-5-8(3)6-11-10(9)12-4;1-6(2)8-4-7(3)5-11-9(8)10;1-5(2)7-4-6(3)10-11-8(7)9;/h5-7H,1-4H3;4-6H,1-3H3;4-5,10-11H,1-3H3;1H. The molecule has 0 saturated carbocycles. The molecule has 0 aromatic carbocycles. The van der Waals surface area contributed by atoms with E-state index in [0.29, 0.717) is 11.5 Å². The number of halogens is 3. The lowest BCUT2D eigenvalue weighted by Gasteiger charge is -2.18. The number of nitrogens with one attached hydrogen (secondary N) is 2. The van der Waals surface area contributed by atoms with Gasteiger partial charge in [-0.1, -0.05) is 41.5 Å². The van der Waals surface area contributed by atoms with E-state index < -0.39 is 0 Å². The van der Waals surface area contributed by atoms with E-state index in [1.807, 2.05) is 66.8 Å². The summed E-state index contributed by atoms with van der Waals surface area (Å²) >= 11 is 0. The summed E-state index contributed by atoms with van der Waals surface area (Å²) in [6.45, 7) is 18.0. The summed E-state index contributed by atoms with van der Waals surface area (Å²) in [6, 6.07) is 3.96. The van der Waals surface area contributed by atoms with Crippen molar-refractivity contribution in [1.29, 1.82) is 0 Å². The van der Waals surface area contributed by atoms with E-state index in [1.165, 1.54) is 11.1 Å². The van der Waals surface area contributed by atoms with Crippen molar-refractivity contribution in [1.82, 2.24) is 20.8 Å². The first kappa shape index (κ1) is 32.8. The van der Waals surface area contributed by atoms with E-state index in [0.717, 1.165) is 22.7 Å². The van der Waals surface area contributed by atoms with E-state index in [9.17, 15) is 8.78 Å². The predicted molar refractivity (Wildman–Crippen MR) is 151 cm³/mol. The summed E-state index contributed by atoms with van der Waals surface area (Å²) in [5, 5.41) is 0. The molecule has 3 heterocycles. The summed E-state index contributed by atoms with van der Waals surface area (Å²) in [5.74, 6) is 1.03. The summed E-state index contributed by atoms with van der Waals surface area (Å²) < 4.78 is 31.0. The molecule has 0 amide bonds. The fourth-order valence-corrected chi connectivity index (χ4v) is 3.12. The zero-order valence-corrected chi connectivity index (χ0v) is 24.9. The first-order chi connectivity index (χ1) is 15.9. The Morgan fingerprint density at radius 3 is 1.71 bits per heavy atom. The highest BCUT2D eigenvalue weighted by Crippen LogP contribution is 2.24. The molecule has 2 N–H and O–H groups in total. The number of pyridine rings is 2. The van der Waals surface area contributed by atoms with Crippen molar-refractivity contribution in [2.24, 2.45) is 5.92 Å². The molecule has 8 heteroatoms. The number of methoxy groups -OCH3 is 1. The topological polar surface area (TPSA) is 59.1 Å². The highest BCUT2D eigenvalue weighted by atomic mass is 127. The zero-order chi connectivity index (χ0) is 26.0. The van der Waals surface area contributed by atoms with Gasteiger partial charge in [0.15, 0.2) is 0 Å². The lowest BCUT2D eigenvalue weighted by molar-refractivity contribution is 0.390. The van der Waals surface area contributed by atoms with Crippen molar-refractivity contribution < 1.29 is 13.5 Å². The first-order valence-electron chi connectivity index (χ1n) is 11.6. The average Bonchev–Trinajstić information content (AvgIpc) is 2.77. The monoisotopic (exact) mass is 602 g/mol. The van der Waals surface area contributed by atoms with Gasteiger partial charge in [0.1, 0.15) is 0 Å². The summed E-state index contributed by atoms with van der Waals surface area (Å²) in [6.07, 6.45) is 5.18. The van der Waals surface area contributed by atoms with Gasteiger partial charge in [-0.05, 0) is 67.9 Å². The molecule has 0 bridgehead atoms. The Morgan fingerprint density at radius 1 is 0.771 bits per heavy atom. The normalized spacial score (nSPS) is 12.5. The lowest BCUT2D eigenvalue weighted by atomic mass is 10.0. The van der Waals surface area contributed by atoms with Crippen LogP contribution in [0.15, 0.2) is 47.8 Å². The highest BCUT2D eigenvalue weighted by Gasteiger charge is 2.12. The van der Waals surface area contributed by atoms with Gasteiger partial charge < -0.3 is 10.2 Å². The van der Waals surface area contributed by atoms with Crippen LogP contribution in [0.5, 0.6) is 5.88 Å². The summed E-state index contributed by atoms with van der Waals surface area (Å²) in [7, 11) is 1.66. The molecular formula is C27H41F2IN4O. The van der Waals surface area contributed by atoms with Crippen LogP contribution in [-0.2, 0) is 0 Å². The minimum atomic E-state index is -0.342. The number of rotatable bonds is 4. The molecule has 0 radical (unpaired) electrons. The Hall–Kier alpha value is -2.23. The number of hydrogen-bond acceptors (Lipinski definition) is 5. The van der Waals surface area contributed by atoms with Gasteiger partial charge in [0, 0.05) is 34.8 Å². The number of nitrogens with zero attached hydrogens (tertiary/aromatic N) is 2. The van der Waals surface area contributed by atoms with Crippen molar-refractivity contribution >= 4 is 24.0 Å². The van der Waals surface area contributed by atoms with Crippen LogP contribution in [0.3, 0.4) is 0 Å². The number of ether oxygens (including phenoxy) is 1. The fourth-order valence-electron chi connectivity index (χ4n) is 3.12. The second-order valence-corrected chi connectivity index (χ2v) is 9.31. The van der Waals surface area contributed by atoms with Gasteiger partial charge >= 0.3 is 0 Å². The van der Waals surface area contributed by atoms with Gasteiger partial charge in [-0.3, -0.25) is 5.43 Å². The molecule has 2 aromatic rings. The fraction of sp³-hybridized carbons (Fsp3) is 0.481. The van der Waals surface area contributed by atoms with Crippen LogP contribution in [-0.4, -0.2) is 17.1 Å². The van der Waals surface area contributed by atoms with Crippen LogP contribution in [0.1, 0.15) is 82.6 Å². The van der Waals surface area contributed by atoms with E-state index >= 15 is 0 Å². The Labute approximate surface area is 226 Å². The maximum Gasteiger partial charge on any atom is 0.216 e. The minimum absolute atomic E-state index is 0. The molecule has 35 heavy (non-hydrogen) atoms. The Balaban J connectivity index is 0.000000489. The van der Waals surface area contributed by atoms with Crippen LogP contribution in [0.2, 0.25) is 0 Å². The van der Waals surface area contributed by atoms with Crippen LogP contribution in [0.25, 0.3) is 0 Å². The molecule has 0 saturated heterocycles. The van der Waals surface area contributed by atoms with Crippen molar-refractivity contribution in [3.05, 3.63) is 76.0 Å². The van der Waals surface area contributed by atoms with Gasteiger partial charge in [0.25, 0.3) is 0 Å². The van der Waals surface area contributed by atoms with Crippen molar-refractivity contribution in [3.8, 4) is 5.88 Å². The average molecular weight is 603 g/mol. The smallest absolute Gasteiger partial charge is 0.216 e. The number of hydrogen-bond donors (Lipinski definition) is 2. The molecule has 1 aliphatic heterocycles. The molecule has 0 spiro atoms. The van der Waals surface area contributed by atoms with Gasteiger partial charge in [0.05, 0.1) is 7.11 Å². The minimum Gasteiger partial charge on any atom is -0.481 e. The van der Waals surface area contributed by atoms with E-state index in [-0.39, 0.29) is 47.7 Å². The SMILES string of the molecule is CC1=CC(C(C)C)=C(F)NN1.COc1ncc(C)cc1C(C)C.Cc1cnc(F)c(C(C)C)c1.I. The maximum absolute atomic E-state index is 12.9. The summed E-state index contributed by atoms with van der Waals surface area (Å²) in [4.78, 5) is 7.83. The lowest BCUT2D eigenvalue weighted by Crippen LogP contribution is -2.32. The van der Waals surface area contributed by atoms with Gasteiger partial charge in [0.2, 0.25) is 17.8 Å². The Bertz CT molecular complexity index is 1000. The second kappa shape index (κ2) is 15.7. The Kier molecular flexibility index (Phi) is 14.7. The van der Waals surface area contributed by atoms with E-state index in [4.69, 9.17) is 4.74 Å². The second-order valence-electron chi connectivity index (χ2n) is 9.31. The maximum atomic E-state index is 12.9. The largest absolute Gasteiger partial charge is 0.481 e. The number of aromatic nitrogens is 2. The third-order valence-electron chi connectivity index (χ3n) is 5.07. The third-order valence-corrected chi connectivity index (χ3v) is 5.07. The third kappa shape index (κ3) is 10.9. The van der Waals surface area contributed by atoms with E-state index in [2.05, 4.69) is 40.7 Å². The first-order valence-corrected chi connectivity index (χ1v) is 11.6. The van der Waals surface area contributed by atoms with Gasteiger partial charge in [-0.2, -0.15) is 8.78 Å². The number of allylic oxidation sites excluding steroid dienone is 3. The van der Waals surface area contributed by atoms with Crippen molar-refractivity contribution in [2.45, 2.75) is 74.1 Å². The molecular weight excluding hydrogens is 561 g/mol. The molecule has 0 fully saturated rings. The van der Waals surface area contributed by atoms with E-state index in [1.54, 1.807) is 13.3 Å². The van der Waals surface area contributed by atoms with Crippen LogP contribution < -0.4 is 15.6 Å². The molecule has 5 nitrogen and oxygen atoms in total. The quantitative estimate of drug-likeness (QED) is 0.214. The van der Waals surface area contributed by atoms with Crippen LogP contribution >= 0.6 is 24.0 Å². The molecule has 3 rings (SSSR count). The molecule has 196 valence electrons. The molecule has 0 unspecified atom stereocenters. The zero-order valence-electron chi connectivity index (χ0n) is 22.6. The van der Waals surface area contributed by atoms with Crippen LogP contribution in [0.4, 0.5) is 8.78 Å². The van der Waals surface area contributed by atoms with Crippen LogP contribution in [0, 0.1) is 25.7 Å².